The Morgan fingerprint density at radius 1 is 1.08 bits per heavy atom. The number of likely N-dealkylation sites (N-methyl/N-ethyl adjacent to an activating group) is 2. The van der Waals surface area contributed by atoms with Crippen molar-refractivity contribution in [1.29, 1.82) is 0 Å². The van der Waals surface area contributed by atoms with E-state index in [-0.39, 0.29) is 5.91 Å². The van der Waals surface area contributed by atoms with Crippen LogP contribution in [-0.2, 0) is 4.79 Å². The van der Waals surface area contributed by atoms with Gasteiger partial charge in [0, 0.05) is 61.1 Å². The van der Waals surface area contributed by atoms with E-state index >= 15 is 0 Å². The van der Waals surface area contributed by atoms with Crippen LogP contribution in [0.2, 0.25) is 0 Å². The molecule has 0 aliphatic rings. The predicted molar refractivity (Wildman–Crippen MR) is 153 cm³/mol. The van der Waals surface area contributed by atoms with E-state index in [4.69, 9.17) is 14.5 Å². The lowest BCUT2D eigenvalue weighted by atomic mass is 10.1. The van der Waals surface area contributed by atoms with Gasteiger partial charge < -0.3 is 34.9 Å². The van der Waals surface area contributed by atoms with Gasteiger partial charge in [-0.15, -0.1) is 0 Å². The molecule has 10 heteroatoms. The van der Waals surface area contributed by atoms with E-state index in [1.54, 1.807) is 20.4 Å². The summed E-state index contributed by atoms with van der Waals surface area (Å²) in [6.45, 7) is 5.17. The number of rotatable bonds is 11. The van der Waals surface area contributed by atoms with Crippen LogP contribution in [0, 0.1) is 0 Å². The molecular formula is C28H33N7O3. The molecule has 2 aromatic carbocycles. The van der Waals surface area contributed by atoms with E-state index in [0.29, 0.717) is 23.1 Å². The molecule has 0 aliphatic carbocycles. The van der Waals surface area contributed by atoms with Gasteiger partial charge in [0.15, 0.2) is 0 Å². The minimum absolute atomic E-state index is 0.308. The number of amides is 1. The first-order valence-electron chi connectivity index (χ1n) is 12.1. The molecule has 0 saturated carbocycles. The Morgan fingerprint density at radius 3 is 2.61 bits per heavy atom. The number of hydrogen-bond acceptors (Lipinski definition) is 8. The number of aromatic nitrogens is 3. The van der Waals surface area contributed by atoms with Crippen LogP contribution in [0.25, 0.3) is 22.2 Å². The summed E-state index contributed by atoms with van der Waals surface area (Å²) in [6.07, 6.45) is 4.85. The molecule has 198 valence electrons. The van der Waals surface area contributed by atoms with Gasteiger partial charge in [0.2, 0.25) is 11.9 Å². The number of H-pyrrole nitrogens is 1. The van der Waals surface area contributed by atoms with Crippen molar-refractivity contribution in [2.75, 3.05) is 64.0 Å². The molecule has 0 bridgehead atoms. The summed E-state index contributed by atoms with van der Waals surface area (Å²) in [5.41, 5.74) is 4.67. The van der Waals surface area contributed by atoms with E-state index < -0.39 is 0 Å². The third-order valence-corrected chi connectivity index (χ3v) is 6.12. The van der Waals surface area contributed by atoms with Crippen LogP contribution >= 0.6 is 0 Å². The second kappa shape index (κ2) is 11.7. The normalized spacial score (nSPS) is 10.9. The second-order valence-corrected chi connectivity index (χ2v) is 8.99. The molecule has 2 aromatic heterocycles. The molecule has 0 saturated heterocycles. The highest BCUT2D eigenvalue weighted by molar-refractivity contribution is 6.02. The average Bonchev–Trinajstić information content (AvgIpc) is 3.35. The zero-order valence-corrected chi connectivity index (χ0v) is 22.3. The lowest BCUT2D eigenvalue weighted by Crippen LogP contribution is -2.29. The Bertz CT molecular complexity index is 1450. The maximum Gasteiger partial charge on any atom is 0.247 e. The van der Waals surface area contributed by atoms with Crippen LogP contribution in [0.15, 0.2) is 61.4 Å². The van der Waals surface area contributed by atoms with Crippen molar-refractivity contribution in [3.63, 3.8) is 0 Å². The van der Waals surface area contributed by atoms with Crippen LogP contribution in [0.3, 0.4) is 0 Å². The second-order valence-electron chi connectivity index (χ2n) is 8.99. The summed E-state index contributed by atoms with van der Waals surface area (Å²) in [7, 11) is 9.25. The Kier molecular flexibility index (Phi) is 8.12. The van der Waals surface area contributed by atoms with Crippen LogP contribution in [-0.4, -0.2) is 74.2 Å². The highest BCUT2D eigenvalue weighted by Crippen LogP contribution is 2.38. The summed E-state index contributed by atoms with van der Waals surface area (Å²) in [5.74, 6) is 1.44. The SMILES string of the molecule is C=CC(=O)Nc1cc(Nc2nccc(-c3c[nH]c4cc(OC)ccc34)n2)c(OC)cc1N(C)CCN(C)C. The number of carbonyl (C=O) groups is 1. The smallest absolute Gasteiger partial charge is 0.247 e. The fourth-order valence-corrected chi connectivity index (χ4v) is 4.04. The van der Waals surface area contributed by atoms with E-state index in [9.17, 15) is 4.79 Å². The fraction of sp³-hybridized carbons (Fsp3) is 0.250. The van der Waals surface area contributed by atoms with Gasteiger partial charge in [0.25, 0.3) is 0 Å². The van der Waals surface area contributed by atoms with Crippen molar-refractivity contribution >= 4 is 39.8 Å². The number of fused-ring (bicyclic) bond motifs is 1. The van der Waals surface area contributed by atoms with E-state index in [2.05, 4.69) is 37.0 Å². The van der Waals surface area contributed by atoms with Gasteiger partial charge in [-0.25, -0.2) is 9.97 Å². The molecule has 4 aromatic rings. The molecule has 1 amide bonds. The van der Waals surface area contributed by atoms with Gasteiger partial charge in [-0.3, -0.25) is 4.79 Å². The molecule has 0 fully saturated rings. The Balaban J connectivity index is 1.68. The number of aromatic amines is 1. The number of carbonyl (C=O) groups excluding carboxylic acids is 1. The number of anilines is 4. The van der Waals surface area contributed by atoms with Gasteiger partial charge >= 0.3 is 0 Å². The standard InChI is InChI=1S/C28H33N7O3/c1-7-27(36)31-23-15-24(26(38-6)16-25(23)35(4)13-12-34(2)3)33-28-29-11-10-21(32-28)20-17-30-22-14-18(37-5)8-9-19(20)22/h7-11,14-17,30H,1,12-13H2,2-6H3,(H,31,36)(H,29,32,33). The minimum Gasteiger partial charge on any atom is -0.497 e. The molecule has 3 N–H and O–H groups in total. The van der Waals surface area contributed by atoms with Crippen LogP contribution in [0.1, 0.15) is 0 Å². The van der Waals surface area contributed by atoms with Crippen molar-refractivity contribution in [2.24, 2.45) is 0 Å². The number of hydrogen-bond donors (Lipinski definition) is 3. The van der Waals surface area contributed by atoms with Gasteiger partial charge in [-0.2, -0.15) is 0 Å². The number of benzene rings is 2. The zero-order chi connectivity index (χ0) is 27.2. The van der Waals surface area contributed by atoms with E-state index in [0.717, 1.165) is 46.7 Å². The summed E-state index contributed by atoms with van der Waals surface area (Å²) in [5, 5.41) is 7.19. The highest BCUT2D eigenvalue weighted by atomic mass is 16.5. The Labute approximate surface area is 222 Å². The van der Waals surface area contributed by atoms with Crippen molar-refractivity contribution in [2.45, 2.75) is 0 Å². The molecule has 38 heavy (non-hydrogen) atoms. The molecule has 2 heterocycles. The van der Waals surface area contributed by atoms with Gasteiger partial charge in [0.1, 0.15) is 11.5 Å². The van der Waals surface area contributed by atoms with Crippen LogP contribution < -0.4 is 25.0 Å². The van der Waals surface area contributed by atoms with Crippen molar-refractivity contribution < 1.29 is 14.3 Å². The molecule has 0 atom stereocenters. The topological polar surface area (TPSA) is 108 Å². The van der Waals surface area contributed by atoms with Gasteiger partial charge in [-0.05, 0) is 44.4 Å². The van der Waals surface area contributed by atoms with E-state index in [1.807, 2.05) is 63.7 Å². The maximum absolute atomic E-state index is 12.2. The van der Waals surface area contributed by atoms with Crippen LogP contribution in [0.5, 0.6) is 11.5 Å². The molecular weight excluding hydrogens is 482 g/mol. The minimum atomic E-state index is -0.308. The zero-order valence-electron chi connectivity index (χ0n) is 22.3. The quantitative estimate of drug-likeness (QED) is 0.251. The average molecular weight is 516 g/mol. The maximum atomic E-state index is 12.2. The summed E-state index contributed by atoms with van der Waals surface area (Å²) in [4.78, 5) is 28.8. The third-order valence-electron chi connectivity index (χ3n) is 6.12. The summed E-state index contributed by atoms with van der Waals surface area (Å²) in [6, 6.07) is 11.4. The molecule has 10 nitrogen and oxygen atoms in total. The van der Waals surface area contributed by atoms with E-state index in [1.165, 1.54) is 6.08 Å². The first-order valence-corrected chi connectivity index (χ1v) is 12.1. The summed E-state index contributed by atoms with van der Waals surface area (Å²) >= 11 is 0. The lowest BCUT2D eigenvalue weighted by Gasteiger charge is -2.26. The molecule has 4 rings (SSSR count). The first-order chi connectivity index (χ1) is 18.3. The largest absolute Gasteiger partial charge is 0.497 e. The molecule has 0 spiro atoms. The Morgan fingerprint density at radius 2 is 1.89 bits per heavy atom. The third kappa shape index (κ3) is 5.87. The molecule has 0 aliphatic heterocycles. The van der Waals surface area contributed by atoms with Gasteiger partial charge in [-0.1, -0.05) is 6.58 Å². The Hall–Kier alpha value is -4.57. The molecule has 0 unspecified atom stereocenters. The number of nitrogens with one attached hydrogen (secondary N) is 3. The van der Waals surface area contributed by atoms with Crippen molar-refractivity contribution in [1.82, 2.24) is 19.9 Å². The summed E-state index contributed by atoms with van der Waals surface area (Å²) < 4.78 is 11.0. The lowest BCUT2D eigenvalue weighted by molar-refractivity contribution is -0.111. The predicted octanol–water partition coefficient (Wildman–Crippen LogP) is 4.51. The van der Waals surface area contributed by atoms with Crippen molar-refractivity contribution in [3.8, 4) is 22.8 Å². The number of nitrogens with zero attached hydrogens (tertiary/aromatic N) is 4. The molecule has 0 radical (unpaired) electrons. The van der Waals surface area contributed by atoms with Crippen LogP contribution in [0.4, 0.5) is 23.0 Å². The van der Waals surface area contributed by atoms with Gasteiger partial charge in [0.05, 0.1) is 37.0 Å². The van der Waals surface area contributed by atoms with Crippen molar-refractivity contribution in [3.05, 3.63) is 61.4 Å². The monoisotopic (exact) mass is 515 g/mol. The fourth-order valence-electron chi connectivity index (χ4n) is 4.04. The highest BCUT2D eigenvalue weighted by Gasteiger charge is 2.17. The first kappa shape index (κ1) is 26.5. The number of methoxy groups -OCH3 is 2. The number of ether oxygens (including phenoxy) is 2.